The second kappa shape index (κ2) is 9.93. The zero-order valence-electron chi connectivity index (χ0n) is 16.3. The van der Waals surface area contributed by atoms with Gasteiger partial charge < -0.3 is 15.4 Å². The summed E-state index contributed by atoms with van der Waals surface area (Å²) < 4.78 is 5.17. The minimum absolute atomic E-state index is 0.512. The Morgan fingerprint density at radius 2 is 1.88 bits per heavy atom. The third-order valence-corrected chi connectivity index (χ3v) is 5.50. The summed E-state index contributed by atoms with van der Waals surface area (Å²) in [5.74, 6) is 0.937. The van der Waals surface area contributed by atoms with E-state index in [1.807, 2.05) is 0 Å². The Hall–Kier alpha value is -1.59. The van der Waals surface area contributed by atoms with E-state index in [1.54, 1.807) is 7.11 Å². The average molecular weight is 359 g/mol. The van der Waals surface area contributed by atoms with Crippen LogP contribution in [0.2, 0.25) is 0 Å². The van der Waals surface area contributed by atoms with Crippen LogP contribution < -0.4 is 10.6 Å². The number of benzene rings is 1. The molecule has 1 saturated heterocycles. The number of hydrogen-bond donors (Lipinski definition) is 2. The molecular formula is C21H34N4O. The van der Waals surface area contributed by atoms with Gasteiger partial charge in [0, 0.05) is 38.8 Å². The molecule has 1 aliphatic carbocycles. The van der Waals surface area contributed by atoms with Crippen molar-refractivity contribution in [3.8, 4) is 0 Å². The van der Waals surface area contributed by atoms with Crippen LogP contribution in [-0.2, 0) is 17.9 Å². The van der Waals surface area contributed by atoms with Gasteiger partial charge in [0.05, 0.1) is 13.2 Å². The molecule has 144 valence electrons. The molecule has 0 spiro atoms. The van der Waals surface area contributed by atoms with Crippen molar-refractivity contribution in [2.45, 2.75) is 64.3 Å². The molecular weight excluding hydrogens is 324 g/mol. The topological polar surface area (TPSA) is 48.9 Å². The molecule has 2 N–H and O–H groups in total. The van der Waals surface area contributed by atoms with E-state index >= 15 is 0 Å². The normalized spacial score (nSPS) is 22.1. The number of methoxy groups -OCH3 is 1. The van der Waals surface area contributed by atoms with Crippen LogP contribution >= 0.6 is 0 Å². The fraction of sp³-hybridized carbons (Fsp3) is 0.667. The smallest absolute Gasteiger partial charge is 0.191 e. The zero-order chi connectivity index (χ0) is 18.2. The number of ether oxygens (including phenoxy) is 1. The van der Waals surface area contributed by atoms with Crippen molar-refractivity contribution in [2.75, 3.05) is 26.7 Å². The van der Waals surface area contributed by atoms with Crippen LogP contribution in [0.3, 0.4) is 0 Å². The quantitative estimate of drug-likeness (QED) is 0.581. The Kier molecular flexibility index (Phi) is 7.32. The molecule has 1 heterocycles. The van der Waals surface area contributed by atoms with Crippen LogP contribution in [0.5, 0.6) is 0 Å². The molecule has 0 bridgehead atoms. The van der Waals surface area contributed by atoms with Gasteiger partial charge in [-0.2, -0.15) is 0 Å². The number of aliphatic imine (C=N–C) groups is 1. The van der Waals surface area contributed by atoms with E-state index in [4.69, 9.17) is 9.73 Å². The van der Waals surface area contributed by atoms with Crippen molar-refractivity contribution in [2.24, 2.45) is 4.99 Å². The fourth-order valence-corrected chi connectivity index (χ4v) is 4.10. The fourth-order valence-electron chi connectivity index (χ4n) is 4.10. The molecule has 1 saturated carbocycles. The number of rotatable bonds is 7. The van der Waals surface area contributed by atoms with E-state index < -0.39 is 0 Å². The summed E-state index contributed by atoms with van der Waals surface area (Å²) in [6.45, 7) is 6.74. The van der Waals surface area contributed by atoms with Crippen LogP contribution in [0.1, 0.15) is 50.2 Å². The second-order valence-electron chi connectivity index (χ2n) is 7.51. The molecule has 0 amide bonds. The summed E-state index contributed by atoms with van der Waals surface area (Å²) in [6, 6.07) is 9.85. The number of guanidine groups is 1. The van der Waals surface area contributed by atoms with Crippen molar-refractivity contribution < 1.29 is 4.74 Å². The van der Waals surface area contributed by atoms with Crippen molar-refractivity contribution in [3.63, 3.8) is 0 Å². The molecule has 1 unspecified atom stereocenters. The first kappa shape index (κ1) is 19.2. The second-order valence-corrected chi connectivity index (χ2v) is 7.51. The Bertz CT molecular complexity index is 566. The van der Waals surface area contributed by atoms with Gasteiger partial charge in [-0.15, -0.1) is 0 Å². The van der Waals surface area contributed by atoms with Crippen molar-refractivity contribution in [1.82, 2.24) is 15.5 Å². The first-order chi connectivity index (χ1) is 12.8. The summed E-state index contributed by atoms with van der Waals surface area (Å²) in [4.78, 5) is 7.47. The van der Waals surface area contributed by atoms with Gasteiger partial charge in [0.1, 0.15) is 0 Å². The van der Waals surface area contributed by atoms with Crippen LogP contribution in [-0.4, -0.2) is 49.7 Å². The maximum absolute atomic E-state index is 5.17. The first-order valence-corrected chi connectivity index (χ1v) is 10.1. The van der Waals surface area contributed by atoms with E-state index in [2.05, 4.69) is 46.7 Å². The van der Waals surface area contributed by atoms with Crippen LogP contribution in [0.25, 0.3) is 0 Å². The van der Waals surface area contributed by atoms with Gasteiger partial charge in [-0.1, -0.05) is 37.1 Å². The van der Waals surface area contributed by atoms with Gasteiger partial charge in [0.15, 0.2) is 5.96 Å². The van der Waals surface area contributed by atoms with Crippen molar-refractivity contribution in [1.29, 1.82) is 0 Å². The number of likely N-dealkylation sites (tertiary alicyclic amines) is 1. The third-order valence-electron chi connectivity index (χ3n) is 5.50. The average Bonchev–Trinajstić information content (AvgIpc) is 3.33. The van der Waals surface area contributed by atoms with Gasteiger partial charge in [-0.25, -0.2) is 4.99 Å². The van der Waals surface area contributed by atoms with Gasteiger partial charge >= 0.3 is 0 Å². The van der Waals surface area contributed by atoms with Crippen molar-refractivity contribution >= 4 is 5.96 Å². The molecule has 5 nitrogen and oxygen atoms in total. The Balaban J connectivity index is 1.52. The molecule has 5 heteroatoms. The lowest BCUT2D eigenvalue weighted by Crippen LogP contribution is -2.45. The Morgan fingerprint density at radius 3 is 2.58 bits per heavy atom. The van der Waals surface area contributed by atoms with E-state index in [9.17, 15) is 0 Å². The molecule has 2 aliphatic rings. The monoisotopic (exact) mass is 358 g/mol. The zero-order valence-corrected chi connectivity index (χ0v) is 16.3. The summed E-state index contributed by atoms with van der Waals surface area (Å²) >= 11 is 0. The first-order valence-electron chi connectivity index (χ1n) is 10.1. The molecule has 1 aromatic carbocycles. The lowest BCUT2D eigenvalue weighted by atomic mass is 10.1. The SMILES string of the molecule is CCNC(=NCc1ccc(COC)cc1)NC1CCN(C2CCCC2)C1. The summed E-state index contributed by atoms with van der Waals surface area (Å²) in [7, 11) is 1.73. The predicted molar refractivity (Wildman–Crippen MR) is 107 cm³/mol. The van der Waals surface area contributed by atoms with Gasteiger partial charge in [-0.05, 0) is 37.3 Å². The highest BCUT2D eigenvalue weighted by molar-refractivity contribution is 5.80. The standard InChI is InChI=1S/C21H34N4O/c1-3-22-21(23-14-17-8-10-18(11-9-17)16-26-2)24-19-12-13-25(15-19)20-6-4-5-7-20/h8-11,19-20H,3-7,12-16H2,1-2H3,(H2,22,23,24). The highest BCUT2D eigenvalue weighted by Gasteiger charge is 2.30. The molecule has 26 heavy (non-hydrogen) atoms. The minimum atomic E-state index is 0.512. The Labute approximate surface area is 158 Å². The van der Waals surface area contributed by atoms with Crippen LogP contribution in [0, 0.1) is 0 Å². The highest BCUT2D eigenvalue weighted by Crippen LogP contribution is 2.26. The molecule has 1 atom stereocenters. The Morgan fingerprint density at radius 1 is 1.15 bits per heavy atom. The number of nitrogens with zero attached hydrogens (tertiary/aromatic N) is 2. The molecule has 0 aromatic heterocycles. The van der Waals surface area contributed by atoms with Gasteiger partial charge in [-0.3, -0.25) is 4.90 Å². The predicted octanol–water partition coefficient (Wildman–Crippen LogP) is 2.91. The van der Waals surface area contributed by atoms with E-state index in [1.165, 1.54) is 49.8 Å². The number of hydrogen-bond acceptors (Lipinski definition) is 3. The summed E-state index contributed by atoms with van der Waals surface area (Å²) in [6.07, 6.45) is 6.81. The van der Waals surface area contributed by atoms with Gasteiger partial charge in [0.25, 0.3) is 0 Å². The van der Waals surface area contributed by atoms with E-state index in [-0.39, 0.29) is 0 Å². The van der Waals surface area contributed by atoms with Crippen LogP contribution in [0.15, 0.2) is 29.3 Å². The molecule has 2 fully saturated rings. The molecule has 0 radical (unpaired) electrons. The van der Waals surface area contributed by atoms with E-state index in [0.717, 1.165) is 25.1 Å². The lowest BCUT2D eigenvalue weighted by Gasteiger charge is -2.24. The van der Waals surface area contributed by atoms with Crippen LogP contribution in [0.4, 0.5) is 0 Å². The lowest BCUT2D eigenvalue weighted by molar-refractivity contribution is 0.185. The maximum atomic E-state index is 5.17. The molecule has 3 rings (SSSR count). The van der Waals surface area contributed by atoms with Gasteiger partial charge in [0.2, 0.25) is 0 Å². The van der Waals surface area contributed by atoms with E-state index in [0.29, 0.717) is 19.2 Å². The molecule has 1 aromatic rings. The third kappa shape index (κ3) is 5.45. The maximum Gasteiger partial charge on any atom is 0.191 e. The molecule has 1 aliphatic heterocycles. The summed E-state index contributed by atoms with van der Waals surface area (Å²) in [5, 5.41) is 7.05. The minimum Gasteiger partial charge on any atom is -0.380 e. The van der Waals surface area contributed by atoms with Crippen molar-refractivity contribution in [3.05, 3.63) is 35.4 Å². The highest BCUT2D eigenvalue weighted by atomic mass is 16.5. The number of nitrogens with one attached hydrogen (secondary N) is 2. The summed E-state index contributed by atoms with van der Waals surface area (Å²) in [5.41, 5.74) is 2.42. The largest absolute Gasteiger partial charge is 0.380 e.